The Bertz CT molecular complexity index is 707. The molecule has 0 radical (unpaired) electrons. The molecule has 1 fully saturated rings. The SMILES string of the molecule is CC(NC(=O)C(CCC(N)=O)NC(=O)C(CCC(=O)O)NC(=O)C1CCCN1)C(=O)O. The molecule has 174 valence electrons. The van der Waals surface area contributed by atoms with Gasteiger partial charge in [-0.05, 0) is 39.2 Å². The molecule has 13 nitrogen and oxygen atoms in total. The van der Waals surface area contributed by atoms with Gasteiger partial charge >= 0.3 is 11.9 Å². The van der Waals surface area contributed by atoms with Gasteiger partial charge in [-0.25, -0.2) is 0 Å². The Morgan fingerprint density at radius 2 is 1.55 bits per heavy atom. The van der Waals surface area contributed by atoms with Crippen molar-refractivity contribution in [2.75, 3.05) is 6.54 Å². The van der Waals surface area contributed by atoms with Crippen LogP contribution in [-0.2, 0) is 28.8 Å². The van der Waals surface area contributed by atoms with Crippen molar-refractivity contribution in [2.24, 2.45) is 5.73 Å². The molecule has 1 aliphatic heterocycles. The highest BCUT2D eigenvalue weighted by Gasteiger charge is 2.31. The predicted octanol–water partition coefficient (Wildman–Crippen LogP) is -2.57. The number of carboxylic acid groups (broad SMARTS) is 2. The van der Waals surface area contributed by atoms with Gasteiger partial charge in [0.2, 0.25) is 23.6 Å². The van der Waals surface area contributed by atoms with Crippen LogP contribution in [0, 0.1) is 0 Å². The molecule has 1 aliphatic rings. The molecule has 1 rings (SSSR count). The fourth-order valence-corrected chi connectivity index (χ4v) is 2.92. The first-order chi connectivity index (χ1) is 14.5. The van der Waals surface area contributed by atoms with Crippen molar-refractivity contribution in [2.45, 2.75) is 69.6 Å². The van der Waals surface area contributed by atoms with Gasteiger partial charge in [0.15, 0.2) is 0 Å². The molecule has 0 bridgehead atoms. The molecule has 4 amide bonds. The maximum atomic E-state index is 12.7. The van der Waals surface area contributed by atoms with Crippen molar-refractivity contribution in [1.82, 2.24) is 21.3 Å². The third-order valence-corrected chi connectivity index (χ3v) is 4.70. The van der Waals surface area contributed by atoms with Crippen molar-refractivity contribution in [1.29, 1.82) is 0 Å². The van der Waals surface area contributed by atoms with E-state index in [2.05, 4.69) is 21.3 Å². The summed E-state index contributed by atoms with van der Waals surface area (Å²) in [4.78, 5) is 70.5. The average Bonchev–Trinajstić information content (AvgIpc) is 3.22. The molecule has 4 unspecified atom stereocenters. The summed E-state index contributed by atoms with van der Waals surface area (Å²) in [7, 11) is 0. The summed E-state index contributed by atoms with van der Waals surface area (Å²) in [6.45, 7) is 1.86. The zero-order valence-electron chi connectivity index (χ0n) is 17.2. The smallest absolute Gasteiger partial charge is 0.325 e. The van der Waals surface area contributed by atoms with E-state index in [1.54, 1.807) is 0 Å². The van der Waals surface area contributed by atoms with Crippen LogP contribution in [0.15, 0.2) is 0 Å². The molecule has 1 heterocycles. The maximum Gasteiger partial charge on any atom is 0.325 e. The predicted molar refractivity (Wildman–Crippen MR) is 105 cm³/mol. The number of amides is 4. The van der Waals surface area contributed by atoms with Crippen molar-refractivity contribution in [3.63, 3.8) is 0 Å². The molecule has 0 aromatic carbocycles. The minimum atomic E-state index is -1.31. The highest BCUT2D eigenvalue weighted by atomic mass is 16.4. The molecule has 0 aromatic heterocycles. The monoisotopic (exact) mass is 443 g/mol. The van der Waals surface area contributed by atoms with E-state index in [0.717, 1.165) is 6.42 Å². The van der Waals surface area contributed by atoms with E-state index in [4.69, 9.17) is 15.9 Å². The third-order valence-electron chi connectivity index (χ3n) is 4.70. The lowest BCUT2D eigenvalue weighted by atomic mass is 10.1. The molecule has 0 saturated carbocycles. The lowest BCUT2D eigenvalue weighted by Gasteiger charge is -2.24. The Morgan fingerprint density at radius 1 is 0.968 bits per heavy atom. The number of carbonyl (C=O) groups excluding carboxylic acids is 4. The zero-order valence-corrected chi connectivity index (χ0v) is 17.2. The zero-order chi connectivity index (χ0) is 23.6. The van der Waals surface area contributed by atoms with Gasteiger partial charge in [0.25, 0.3) is 0 Å². The van der Waals surface area contributed by atoms with Gasteiger partial charge in [0.1, 0.15) is 18.1 Å². The molecule has 31 heavy (non-hydrogen) atoms. The standard InChI is InChI=1S/C18H29N5O8/c1-9(18(30)31)21-16(28)11(4-6-13(19)24)23-17(29)12(5-7-14(25)26)22-15(27)10-3-2-8-20-10/h9-12,20H,2-8H2,1H3,(H2,19,24)(H,21,28)(H,22,27)(H,23,29)(H,25,26)(H,30,31). The molecule has 13 heteroatoms. The van der Waals surface area contributed by atoms with Crippen LogP contribution in [0.3, 0.4) is 0 Å². The summed E-state index contributed by atoms with van der Waals surface area (Å²) in [6.07, 6.45) is 0.234. The molecular formula is C18H29N5O8. The number of carbonyl (C=O) groups is 6. The van der Waals surface area contributed by atoms with Gasteiger partial charge in [0.05, 0.1) is 6.04 Å². The van der Waals surface area contributed by atoms with Gasteiger partial charge < -0.3 is 37.2 Å². The fraction of sp³-hybridized carbons (Fsp3) is 0.667. The molecule has 4 atom stereocenters. The highest BCUT2D eigenvalue weighted by molar-refractivity contribution is 5.94. The number of primary amides is 1. The van der Waals surface area contributed by atoms with Crippen LogP contribution in [0.5, 0.6) is 0 Å². The first-order valence-corrected chi connectivity index (χ1v) is 9.88. The Morgan fingerprint density at radius 3 is 2.06 bits per heavy atom. The number of rotatable bonds is 13. The first kappa shape index (κ1) is 25.8. The molecule has 8 N–H and O–H groups in total. The number of carboxylic acids is 2. The summed E-state index contributed by atoms with van der Waals surface area (Å²) in [5.74, 6) is -5.37. The van der Waals surface area contributed by atoms with Crippen LogP contribution in [-0.4, -0.2) is 76.5 Å². The molecule has 0 spiro atoms. The van der Waals surface area contributed by atoms with Crippen molar-refractivity contribution < 1.29 is 39.0 Å². The summed E-state index contributed by atoms with van der Waals surface area (Å²) in [6, 6.07) is -4.32. The van der Waals surface area contributed by atoms with E-state index in [1.807, 2.05) is 0 Å². The summed E-state index contributed by atoms with van der Waals surface area (Å²) in [5.41, 5.74) is 5.09. The first-order valence-electron chi connectivity index (χ1n) is 9.88. The summed E-state index contributed by atoms with van der Waals surface area (Å²) < 4.78 is 0. The highest BCUT2D eigenvalue weighted by Crippen LogP contribution is 2.08. The van der Waals surface area contributed by atoms with Crippen molar-refractivity contribution in [3.8, 4) is 0 Å². The van der Waals surface area contributed by atoms with Crippen LogP contribution < -0.4 is 27.0 Å². The van der Waals surface area contributed by atoms with Gasteiger partial charge in [0, 0.05) is 12.8 Å². The molecule has 1 saturated heterocycles. The number of hydrogen-bond donors (Lipinski definition) is 7. The van der Waals surface area contributed by atoms with Crippen molar-refractivity contribution in [3.05, 3.63) is 0 Å². The maximum absolute atomic E-state index is 12.7. The van der Waals surface area contributed by atoms with Crippen LogP contribution in [0.1, 0.15) is 45.4 Å². The van der Waals surface area contributed by atoms with Crippen LogP contribution >= 0.6 is 0 Å². The minimum Gasteiger partial charge on any atom is -0.481 e. The molecular weight excluding hydrogens is 414 g/mol. The van der Waals surface area contributed by atoms with Crippen LogP contribution in [0.2, 0.25) is 0 Å². The summed E-state index contributed by atoms with van der Waals surface area (Å²) >= 11 is 0. The largest absolute Gasteiger partial charge is 0.481 e. The number of nitrogens with two attached hydrogens (primary N) is 1. The number of hydrogen-bond acceptors (Lipinski definition) is 7. The van der Waals surface area contributed by atoms with E-state index in [-0.39, 0.29) is 19.3 Å². The Labute approximate surface area is 178 Å². The normalized spacial score (nSPS) is 18.3. The average molecular weight is 443 g/mol. The topological polar surface area (TPSA) is 217 Å². The second-order valence-corrected chi connectivity index (χ2v) is 7.28. The Hall–Kier alpha value is -3.22. The second kappa shape index (κ2) is 12.5. The van der Waals surface area contributed by atoms with E-state index >= 15 is 0 Å². The Kier molecular flexibility index (Phi) is 10.4. The molecule has 0 aromatic rings. The lowest BCUT2D eigenvalue weighted by molar-refractivity contribution is -0.142. The Balaban J connectivity index is 2.90. The van der Waals surface area contributed by atoms with E-state index in [9.17, 15) is 28.8 Å². The van der Waals surface area contributed by atoms with E-state index in [1.165, 1.54) is 6.92 Å². The van der Waals surface area contributed by atoms with Gasteiger partial charge in [-0.1, -0.05) is 0 Å². The van der Waals surface area contributed by atoms with Crippen molar-refractivity contribution >= 4 is 35.6 Å². The number of aliphatic carboxylic acids is 2. The minimum absolute atomic E-state index is 0.205. The number of nitrogens with one attached hydrogen (secondary N) is 4. The van der Waals surface area contributed by atoms with Crippen LogP contribution in [0.4, 0.5) is 0 Å². The van der Waals surface area contributed by atoms with E-state index in [0.29, 0.717) is 13.0 Å². The lowest BCUT2D eigenvalue weighted by Crippen LogP contribution is -2.57. The van der Waals surface area contributed by atoms with E-state index < -0.39 is 66.2 Å². The fourth-order valence-electron chi connectivity index (χ4n) is 2.92. The van der Waals surface area contributed by atoms with Gasteiger partial charge in [-0.3, -0.25) is 28.8 Å². The third kappa shape index (κ3) is 9.42. The van der Waals surface area contributed by atoms with Gasteiger partial charge in [-0.2, -0.15) is 0 Å². The van der Waals surface area contributed by atoms with Gasteiger partial charge in [-0.15, -0.1) is 0 Å². The quantitative estimate of drug-likeness (QED) is 0.159. The summed E-state index contributed by atoms with van der Waals surface area (Å²) in [5, 5.41) is 27.9. The molecule has 0 aliphatic carbocycles. The van der Waals surface area contributed by atoms with Crippen LogP contribution in [0.25, 0.3) is 0 Å². The second-order valence-electron chi connectivity index (χ2n) is 7.28.